The van der Waals surface area contributed by atoms with Gasteiger partial charge < -0.3 is 0 Å². The van der Waals surface area contributed by atoms with E-state index in [9.17, 15) is 9.59 Å². The van der Waals surface area contributed by atoms with Gasteiger partial charge in [0.1, 0.15) is 5.92 Å². The number of nitrogens with zero attached hydrogens (tertiary/aromatic N) is 5. The lowest BCUT2D eigenvalue weighted by Crippen LogP contribution is -2.32. The minimum atomic E-state index is -0.925. The Morgan fingerprint density at radius 2 is 1.88 bits per heavy atom. The van der Waals surface area contributed by atoms with Crippen molar-refractivity contribution in [1.29, 1.82) is 0 Å². The van der Waals surface area contributed by atoms with Gasteiger partial charge in [0.25, 0.3) is 5.91 Å². The van der Waals surface area contributed by atoms with E-state index in [1.165, 1.54) is 11.2 Å². The van der Waals surface area contributed by atoms with Crippen LogP contribution in [0.25, 0.3) is 11.0 Å². The number of ketones is 1. The third-order valence-corrected chi connectivity index (χ3v) is 4.54. The Balaban J connectivity index is 1.69. The second-order valence-electron chi connectivity index (χ2n) is 6.33. The minimum Gasteiger partial charge on any atom is -0.293 e. The van der Waals surface area contributed by atoms with Gasteiger partial charge in [0.05, 0.1) is 17.1 Å². The number of pyridine rings is 1. The topological polar surface area (TPSA) is 80.5 Å². The molecule has 3 aromatic rings. The number of hydrazone groups is 1. The number of para-hydroxylation sites is 1. The maximum absolute atomic E-state index is 13.0. The van der Waals surface area contributed by atoms with Crippen LogP contribution < -0.4 is 5.01 Å². The number of hydrogen-bond acceptors (Lipinski definition) is 5. The SMILES string of the molecule is CC1=NN(c2ccccc2)C(=O)C1C(=O)c1cnc2c(c1)c(C)nn2C. The molecule has 1 aromatic carbocycles. The maximum atomic E-state index is 13.0. The second-order valence-corrected chi connectivity index (χ2v) is 6.33. The fraction of sp³-hybridized carbons (Fsp3) is 0.211. The van der Waals surface area contributed by atoms with Crippen LogP contribution in [-0.4, -0.2) is 32.2 Å². The number of hydrogen-bond donors (Lipinski definition) is 0. The van der Waals surface area contributed by atoms with Crippen LogP contribution in [0.1, 0.15) is 23.0 Å². The molecule has 0 aliphatic carbocycles. The summed E-state index contributed by atoms with van der Waals surface area (Å²) in [6.07, 6.45) is 1.50. The van der Waals surface area contributed by atoms with Crippen molar-refractivity contribution >= 4 is 34.1 Å². The van der Waals surface area contributed by atoms with Gasteiger partial charge in [-0.15, -0.1) is 0 Å². The quantitative estimate of drug-likeness (QED) is 0.538. The van der Waals surface area contributed by atoms with E-state index in [-0.39, 0.29) is 11.7 Å². The standard InChI is InChI=1S/C19H17N5O2/c1-11-15-9-13(10-20-18(15)23(3)21-11)17(25)16-12(2)22-24(19(16)26)14-7-5-4-6-8-14/h4-10,16H,1-3H3. The smallest absolute Gasteiger partial charge is 0.264 e. The average molecular weight is 347 g/mol. The van der Waals surface area contributed by atoms with Crippen LogP contribution in [-0.2, 0) is 11.8 Å². The van der Waals surface area contributed by atoms with E-state index in [1.54, 1.807) is 36.9 Å². The lowest BCUT2D eigenvalue weighted by atomic mass is 9.94. The van der Waals surface area contributed by atoms with Crippen molar-refractivity contribution in [3.63, 3.8) is 0 Å². The monoisotopic (exact) mass is 347 g/mol. The highest BCUT2D eigenvalue weighted by Crippen LogP contribution is 2.27. The Kier molecular flexibility index (Phi) is 3.64. The summed E-state index contributed by atoms with van der Waals surface area (Å²) in [5, 5.41) is 10.7. The van der Waals surface area contributed by atoms with Crippen LogP contribution in [0.4, 0.5) is 5.69 Å². The lowest BCUT2D eigenvalue weighted by Gasteiger charge is -2.13. The van der Waals surface area contributed by atoms with Crippen molar-refractivity contribution in [2.75, 3.05) is 5.01 Å². The number of fused-ring (bicyclic) bond motifs is 1. The van der Waals surface area contributed by atoms with Crippen LogP contribution in [0.3, 0.4) is 0 Å². The van der Waals surface area contributed by atoms with Crippen LogP contribution in [0.2, 0.25) is 0 Å². The largest absolute Gasteiger partial charge is 0.293 e. The molecule has 1 amide bonds. The first-order chi connectivity index (χ1) is 12.5. The number of aryl methyl sites for hydroxylation is 2. The van der Waals surface area contributed by atoms with Gasteiger partial charge in [-0.25, -0.2) is 4.98 Å². The first-order valence-electron chi connectivity index (χ1n) is 8.25. The predicted molar refractivity (Wildman–Crippen MR) is 98.1 cm³/mol. The first kappa shape index (κ1) is 16.1. The molecule has 0 bridgehead atoms. The van der Waals surface area contributed by atoms with E-state index in [2.05, 4.69) is 15.2 Å². The van der Waals surface area contributed by atoms with Crippen molar-refractivity contribution in [3.8, 4) is 0 Å². The molecule has 0 spiro atoms. The summed E-state index contributed by atoms with van der Waals surface area (Å²) in [6.45, 7) is 3.56. The Labute approximate surface area is 149 Å². The highest BCUT2D eigenvalue weighted by atomic mass is 16.2. The van der Waals surface area contributed by atoms with Crippen molar-refractivity contribution in [2.24, 2.45) is 18.1 Å². The van der Waals surface area contributed by atoms with Gasteiger partial charge in [0.2, 0.25) is 0 Å². The molecule has 0 fully saturated rings. The molecule has 130 valence electrons. The molecule has 7 heteroatoms. The van der Waals surface area contributed by atoms with Crippen molar-refractivity contribution < 1.29 is 9.59 Å². The molecule has 7 nitrogen and oxygen atoms in total. The van der Waals surface area contributed by atoms with Gasteiger partial charge in [-0.2, -0.15) is 15.2 Å². The summed E-state index contributed by atoms with van der Waals surface area (Å²) in [5.41, 5.74) is 3.00. The van der Waals surface area contributed by atoms with Gasteiger partial charge in [0, 0.05) is 24.2 Å². The first-order valence-corrected chi connectivity index (χ1v) is 8.25. The fourth-order valence-electron chi connectivity index (χ4n) is 3.23. The normalized spacial score (nSPS) is 17.0. The summed E-state index contributed by atoms with van der Waals surface area (Å²) in [6, 6.07) is 10.8. The third kappa shape index (κ3) is 2.40. The number of anilines is 1. The summed E-state index contributed by atoms with van der Waals surface area (Å²) in [7, 11) is 1.80. The number of rotatable bonds is 3. The van der Waals surface area contributed by atoms with Crippen molar-refractivity contribution in [3.05, 3.63) is 53.9 Å². The Morgan fingerprint density at radius 1 is 1.15 bits per heavy atom. The van der Waals surface area contributed by atoms with Gasteiger partial charge >= 0.3 is 0 Å². The van der Waals surface area contributed by atoms with E-state index < -0.39 is 5.92 Å². The molecule has 1 aliphatic heterocycles. The fourth-order valence-corrected chi connectivity index (χ4v) is 3.23. The Morgan fingerprint density at radius 3 is 2.62 bits per heavy atom. The van der Waals surface area contributed by atoms with Crippen molar-refractivity contribution in [2.45, 2.75) is 13.8 Å². The molecule has 0 saturated heterocycles. The molecule has 1 atom stereocenters. The van der Waals surface area contributed by atoms with Crippen LogP contribution in [0, 0.1) is 12.8 Å². The lowest BCUT2D eigenvalue weighted by molar-refractivity contribution is -0.118. The molecule has 0 saturated carbocycles. The minimum absolute atomic E-state index is 0.299. The molecule has 1 unspecified atom stereocenters. The molecular formula is C19H17N5O2. The Bertz CT molecular complexity index is 1070. The van der Waals surface area contributed by atoms with Gasteiger partial charge in [0.15, 0.2) is 11.4 Å². The molecule has 0 N–H and O–H groups in total. The Hall–Kier alpha value is -3.35. The van der Waals surface area contributed by atoms with E-state index in [0.29, 0.717) is 22.6 Å². The van der Waals surface area contributed by atoms with E-state index >= 15 is 0 Å². The van der Waals surface area contributed by atoms with Gasteiger partial charge in [-0.05, 0) is 32.0 Å². The number of benzene rings is 1. The summed E-state index contributed by atoms with van der Waals surface area (Å²) in [4.78, 5) is 30.2. The molecule has 4 rings (SSSR count). The number of amides is 1. The highest BCUT2D eigenvalue weighted by molar-refractivity contribution is 6.30. The zero-order valence-electron chi connectivity index (χ0n) is 14.7. The van der Waals surface area contributed by atoms with Gasteiger partial charge in [-0.3, -0.25) is 14.3 Å². The molecule has 0 radical (unpaired) electrons. The van der Waals surface area contributed by atoms with E-state index in [1.807, 2.05) is 25.1 Å². The number of Topliss-reactive ketones (excluding diaryl/α,β-unsaturated/α-hetero) is 1. The summed E-state index contributed by atoms with van der Waals surface area (Å²) in [5.74, 6) is -1.57. The van der Waals surface area contributed by atoms with Gasteiger partial charge in [-0.1, -0.05) is 18.2 Å². The van der Waals surface area contributed by atoms with Crippen molar-refractivity contribution in [1.82, 2.24) is 14.8 Å². The van der Waals surface area contributed by atoms with E-state index in [4.69, 9.17) is 0 Å². The third-order valence-electron chi connectivity index (χ3n) is 4.54. The maximum Gasteiger partial charge on any atom is 0.264 e. The zero-order chi connectivity index (χ0) is 18.4. The van der Waals surface area contributed by atoms with E-state index in [0.717, 1.165) is 11.1 Å². The molecule has 3 heterocycles. The molecule has 2 aromatic heterocycles. The van der Waals surface area contributed by atoms with Crippen LogP contribution in [0.15, 0.2) is 47.7 Å². The number of carbonyl (C=O) groups excluding carboxylic acids is 2. The zero-order valence-corrected chi connectivity index (χ0v) is 14.7. The molecular weight excluding hydrogens is 330 g/mol. The number of carbonyl (C=O) groups is 2. The predicted octanol–water partition coefficient (Wildman–Crippen LogP) is 2.50. The molecule has 26 heavy (non-hydrogen) atoms. The summed E-state index contributed by atoms with van der Waals surface area (Å²) >= 11 is 0. The average Bonchev–Trinajstić information content (AvgIpc) is 3.10. The number of aromatic nitrogens is 3. The van der Waals surface area contributed by atoms with Crippen LogP contribution >= 0.6 is 0 Å². The second kappa shape index (κ2) is 5.87. The summed E-state index contributed by atoms with van der Waals surface area (Å²) < 4.78 is 1.67. The van der Waals surface area contributed by atoms with Crippen LogP contribution in [0.5, 0.6) is 0 Å². The molecule has 1 aliphatic rings. The highest BCUT2D eigenvalue weighted by Gasteiger charge is 2.40.